The van der Waals surface area contributed by atoms with Crippen molar-refractivity contribution < 1.29 is 9.84 Å². The Labute approximate surface area is 91.4 Å². The first-order chi connectivity index (χ1) is 7.07. The molecular weight excluding hydrogens is 192 g/mol. The normalized spacial score (nSPS) is 23.7. The number of nitriles is 1. The van der Waals surface area contributed by atoms with Gasteiger partial charge in [-0.05, 0) is 26.8 Å². The van der Waals surface area contributed by atoms with Crippen LogP contribution in [-0.4, -0.2) is 49.0 Å². The fourth-order valence-corrected chi connectivity index (χ4v) is 1.59. The number of ether oxygens (including phenoxy) is 1. The van der Waals surface area contributed by atoms with Crippen LogP contribution in [0.5, 0.6) is 0 Å². The van der Waals surface area contributed by atoms with E-state index in [4.69, 9.17) is 15.1 Å². The van der Waals surface area contributed by atoms with E-state index >= 15 is 0 Å². The zero-order valence-electron chi connectivity index (χ0n) is 9.57. The molecule has 1 aliphatic rings. The molecule has 0 radical (unpaired) electrons. The maximum Gasteiger partial charge on any atom is 0.0932 e. The molecule has 4 nitrogen and oxygen atoms in total. The van der Waals surface area contributed by atoms with Gasteiger partial charge in [0.15, 0.2) is 0 Å². The Hall–Kier alpha value is -0.630. The van der Waals surface area contributed by atoms with Gasteiger partial charge in [-0.25, -0.2) is 0 Å². The third-order valence-electron chi connectivity index (χ3n) is 2.78. The van der Waals surface area contributed by atoms with Gasteiger partial charge in [0.1, 0.15) is 0 Å². The van der Waals surface area contributed by atoms with Gasteiger partial charge in [0.2, 0.25) is 0 Å². The minimum atomic E-state index is -0.257. The molecule has 1 aliphatic heterocycles. The second-order valence-corrected chi connectivity index (χ2v) is 4.72. The Morgan fingerprint density at radius 3 is 2.93 bits per heavy atom. The van der Waals surface area contributed by atoms with Crippen molar-refractivity contribution in [3.8, 4) is 6.07 Å². The van der Waals surface area contributed by atoms with E-state index in [2.05, 4.69) is 11.0 Å². The lowest BCUT2D eigenvalue weighted by atomic mass is 9.91. The molecule has 1 heterocycles. The Morgan fingerprint density at radius 1 is 1.60 bits per heavy atom. The molecule has 15 heavy (non-hydrogen) atoms. The molecule has 1 N–H and O–H groups in total. The van der Waals surface area contributed by atoms with Gasteiger partial charge in [-0.1, -0.05) is 0 Å². The lowest BCUT2D eigenvalue weighted by Gasteiger charge is -2.33. The van der Waals surface area contributed by atoms with Crippen LogP contribution in [0.3, 0.4) is 0 Å². The van der Waals surface area contributed by atoms with Crippen LogP contribution >= 0.6 is 0 Å². The molecule has 0 bridgehead atoms. The van der Waals surface area contributed by atoms with Crippen molar-refractivity contribution in [1.82, 2.24) is 4.90 Å². The van der Waals surface area contributed by atoms with Gasteiger partial charge in [0, 0.05) is 13.1 Å². The fraction of sp³-hybridized carbons (Fsp3) is 0.909. The van der Waals surface area contributed by atoms with Crippen molar-refractivity contribution in [2.45, 2.75) is 26.4 Å². The lowest BCUT2D eigenvalue weighted by Crippen LogP contribution is -2.44. The predicted molar refractivity (Wildman–Crippen MR) is 57.3 cm³/mol. The molecule has 1 fully saturated rings. The average Bonchev–Trinajstić information content (AvgIpc) is 2.27. The second kappa shape index (κ2) is 5.45. The molecular formula is C11H20N2O2. The fourth-order valence-electron chi connectivity index (χ4n) is 1.59. The van der Waals surface area contributed by atoms with Crippen molar-refractivity contribution in [3.05, 3.63) is 0 Å². The number of nitrogens with zero attached hydrogens (tertiary/aromatic N) is 2. The number of morpholine rings is 1. The maximum absolute atomic E-state index is 8.98. The summed E-state index contributed by atoms with van der Waals surface area (Å²) >= 11 is 0. The Balaban J connectivity index is 2.30. The van der Waals surface area contributed by atoms with Crippen LogP contribution in [0.25, 0.3) is 0 Å². The number of aliphatic hydroxyl groups is 1. The van der Waals surface area contributed by atoms with Crippen LogP contribution in [0, 0.1) is 16.7 Å². The molecule has 0 spiro atoms. The zero-order chi connectivity index (χ0) is 11.3. The van der Waals surface area contributed by atoms with E-state index in [1.165, 1.54) is 0 Å². The first-order valence-corrected chi connectivity index (χ1v) is 5.43. The molecule has 0 aromatic carbocycles. The molecule has 4 heteroatoms. The molecule has 1 atom stereocenters. The summed E-state index contributed by atoms with van der Waals surface area (Å²) in [5.41, 5.74) is -0.257. The maximum atomic E-state index is 8.98. The van der Waals surface area contributed by atoms with Crippen molar-refractivity contribution in [2.75, 3.05) is 32.8 Å². The summed E-state index contributed by atoms with van der Waals surface area (Å²) in [4.78, 5) is 2.25. The first-order valence-electron chi connectivity index (χ1n) is 5.43. The van der Waals surface area contributed by atoms with Crippen LogP contribution in [0.1, 0.15) is 20.3 Å². The van der Waals surface area contributed by atoms with Gasteiger partial charge in [0.25, 0.3) is 0 Å². The lowest BCUT2D eigenvalue weighted by molar-refractivity contribution is -0.0540. The number of hydrogen-bond acceptors (Lipinski definition) is 4. The van der Waals surface area contributed by atoms with E-state index in [1.807, 2.05) is 13.8 Å². The third kappa shape index (κ3) is 4.17. The standard InChI is InChI=1S/C11H20N2O2/c1-11(2,9-12)3-4-13-5-6-15-10(7-13)8-14/h10,14H,3-8H2,1-2H3. The average molecular weight is 212 g/mol. The predicted octanol–water partition coefficient (Wildman–Crippen LogP) is 0.619. The Morgan fingerprint density at radius 2 is 2.33 bits per heavy atom. The van der Waals surface area contributed by atoms with Gasteiger partial charge >= 0.3 is 0 Å². The van der Waals surface area contributed by atoms with Gasteiger partial charge in [-0.3, -0.25) is 4.90 Å². The summed E-state index contributed by atoms with van der Waals surface area (Å²) < 4.78 is 5.36. The molecule has 86 valence electrons. The molecule has 0 saturated carbocycles. The quantitative estimate of drug-likeness (QED) is 0.742. The highest BCUT2D eigenvalue weighted by Gasteiger charge is 2.22. The first kappa shape index (κ1) is 12.4. The molecule has 0 aromatic rings. The number of hydrogen-bond donors (Lipinski definition) is 1. The SMILES string of the molecule is CC(C)(C#N)CCN1CCOC(CO)C1. The largest absolute Gasteiger partial charge is 0.394 e. The van der Waals surface area contributed by atoms with Crippen molar-refractivity contribution in [3.63, 3.8) is 0 Å². The van der Waals surface area contributed by atoms with Crippen molar-refractivity contribution in [1.29, 1.82) is 5.26 Å². The number of aliphatic hydroxyl groups excluding tert-OH is 1. The molecule has 1 rings (SSSR count). The minimum absolute atomic E-state index is 0.0519. The van der Waals surface area contributed by atoms with E-state index in [0.29, 0.717) is 6.61 Å². The van der Waals surface area contributed by atoms with E-state index in [1.54, 1.807) is 0 Å². The van der Waals surface area contributed by atoms with Crippen LogP contribution in [0.2, 0.25) is 0 Å². The Bertz CT molecular complexity index is 235. The summed E-state index contributed by atoms with van der Waals surface area (Å²) in [6.07, 6.45) is 0.811. The molecule has 0 aromatic heterocycles. The molecule has 0 aliphatic carbocycles. The van der Waals surface area contributed by atoms with Crippen molar-refractivity contribution >= 4 is 0 Å². The van der Waals surface area contributed by atoms with Crippen molar-refractivity contribution in [2.24, 2.45) is 5.41 Å². The summed E-state index contributed by atoms with van der Waals surface area (Å²) in [7, 11) is 0. The van der Waals surface area contributed by atoms with E-state index in [0.717, 1.165) is 26.1 Å². The monoisotopic (exact) mass is 212 g/mol. The van der Waals surface area contributed by atoms with Crippen LogP contribution in [-0.2, 0) is 4.74 Å². The minimum Gasteiger partial charge on any atom is -0.394 e. The zero-order valence-corrected chi connectivity index (χ0v) is 9.57. The van der Waals surface area contributed by atoms with Crippen LogP contribution in [0.15, 0.2) is 0 Å². The van der Waals surface area contributed by atoms with E-state index < -0.39 is 0 Å². The summed E-state index contributed by atoms with van der Waals surface area (Å²) in [5.74, 6) is 0. The highest BCUT2D eigenvalue weighted by atomic mass is 16.5. The highest BCUT2D eigenvalue weighted by Crippen LogP contribution is 2.19. The summed E-state index contributed by atoms with van der Waals surface area (Å²) in [6.45, 7) is 7.25. The molecule has 0 amide bonds. The van der Waals surface area contributed by atoms with Gasteiger partial charge in [-0.15, -0.1) is 0 Å². The second-order valence-electron chi connectivity index (χ2n) is 4.72. The number of rotatable bonds is 4. The van der Waals surface area contributed by atoms with Crippen LogP contribution < -0.4 is 0 Å². The topological polar surface area (TPSA) is 56.5 Å². The van der Waals surface area contributed by atoms with E-state index in [9.17, 15) is 0 Å². The summed E-state index contributed by atoms with van der Waals surface area (Å²) in [6, 6.07) is 2.30. The van der Waals surface area contributed by atoms with Gasteiger partial charge in [0.05, 0.1) is 30.8 Å². The van der Waals surface area contributed by atoms with E-state index in [-0.39, 0.29) is 18.1 Å². The molecule has 1 saturated heterocycles. The summed E-state index contributed by atoms with van der Waals surface area (Å²) in [5, 5.41) is 17.9. The molecule has 1 unspecified atom stereocenters. The Kier molecular flexibility index (Phi) is 4.52. The van der Waals surface area contributed by atoms with Gasteiger partial charge in [-0.2, -0.15) is 5.26 Å². The smallest absolute Gasteiger partial charge is 0.0932 e. The van der Waals surface area contributed by atoms with Crippen LogP contribution in [0.4, 0.5) is 0 Å². The highest BCUT2D eigenvalue weighted by molar-refractivity contribution is 4.92. The van der Waals surface area contributed by atoms with Gasteiger partial charge < -0.3 is 9.84 Å². The third-order valence-corrected chi connectivity index (χ3v) is 2.78.